The summed E-state index contributed by atoms with van der Waals surface area (Å²) in [4.78, 5) is 0. The first-order valence-electron chi connectivity index (χ1n) is 11.4. The largest absolute Gasteiger partial charge is 0.486 e. The van der Waals surface area contributed by atoms with Crippen LogP contribution in [0.1, 0.15) is 89.5 Å². The zero-order valence-electron chi connectivity index (χ0n) is 17.6. The van der Waals surface area contributed by atoms with Crippen molar-refractivity contribution in [2.45, 2.75) is 84.0 Å². The van der Waals surface area contributed by atoms with Gasteiger partial charge in [0.25, 0.3) is 0 Å². The molecule has 0 aromatic heterocycles. The Morgan fingerprint density at radius 2 is 1.57 bits per heavy atom. The Balaban J connectivity index is 1.54. The van der Waals surface area contributed by atoms with Gasteiger partial charge in [0.1, 0.15) is 6.61 Å². The highest BCUT2D eigenvalue weighted by molar-refractivity contribution is 5.33. The highest BCUT2D eigenvalue weighted by Crippen LogP contribution is 2.45. The van der Waals surface area contributed by atoms with E-state index in [0.29, 0.717) is 5.56 Å². The third-order valence-corrected chi connectivity index (χ3v) is 7.11. The number of benzene rings is 1. The summed E-state index contributed by atoms with van der Waals surface area (Å²) in [5, 5.41) is 0. The van der Waals surface area contributed by atoms with E-state index in [0.717, 1.165) is 43.4 Å². The van der Waals surface area contributed by atoms with Crippen LogP contribution in [0.4, 0.5) is 8.78 Å². The first kappa shape index (κ1) is 21.3. The standard InChI is InChI=1S/C25H36F2O/c1-3-5-17-28-23-16-15-22(24(26)25(23)27)21-13-11-20(12-14-21)19-9-7-18(6-4-2)8-10-19/h3,5,15-16,18-21H,4,6-14,17H2,1-2H3/b5-3+. The van der Waals surface area contributed by atoms with Gasteiger partial charge in [0, 0.05) is 0 Å². The molecule has 0 spiro atoms. The molecule has 2 aliphatic rings. The molecule has 0 heterocycles. The highest BCUT2D eigenvalue weighted by Gasteiger charge is 2.32. The van der Waals surface area contributed by atoms with Crippen molar-refractivity contribution >= 4 is 0 Å². The lowest BCUT2D eigenvalue weighted by molar-refractivity contribution is 0.155. The Bertz CT molecular complexity index is 638. The van der Waals surface area contributed by atoms with Crippen LogP contribution in [0.25, 0.3) is 0 Å². The smallest absolute Gasteiger partial charge is 0.200 e. The summed E-state index contributed by atoms with van der Waals surface area (Å²) >= 11 is 0. The van der Waals surface area contributed by atoms with Crippen LogP contribution in [-0.2, 0) is 0 Å². The van der Waals surface area contributed by atoms with Crippen LogP contribution in [0, 0.1) is 29.4 Å². The first-order valence-corrected chi connectivity index (χ1v) is 11.4. The number of halogens is 2. The van der Waals surface area contributed by atoms with E-state index < -0.39 is 11.6 Å². The minimum absolute atomic E-state index is 0.0110. The van der Waals surface area contributed by atoms with Crippen LogP contribution in [0.15, 0.2) is 24.3 Å². The topological polar surface area (TPSA) is 9.23 Å². The number of hydrogen-bond donors (Lipinski definition) is 0. The summed E-state index contributed by atoms with van der Waals surface area (Å²) in [6.45, 7) is 4.42. The SMILES string of the molecule is C/C=C/COc1ccc(C2CCC(C3CCC(CCC)CC3)CC2)c(F)c1F. The molecule has 0 bridgehead atoms. The van der Waals surface area contributed by atoms with Crippen molar-refractivity contribution in [1.82, 2.24) is 0 Å². The van der Waals surface area contributed by atoms with Crippen molar-refractivity contribution in [2.75, 3.05) is 6.61 Å². The minimum Gasteiger partial charge on any atom is -0.486 e. The Kier molecular flexibility index (Phi) is 7.93. The van der Waals surface area contributed by atoms with Gasteiger partial charge in [0.05, 0.1) is 0 Å². The molecule has 156 valence electrons. The zero-order valence-corrected chi connectivity index (χ0v) is 17.6. The molecular weight excluding hydrogens is 354 g/mol. The van der Waals surface area contributed by atoms with E-state index in [2.05, 4.69) is 6.92 Å². The monoisotopic (exact) mass is 390 g/mol. The molecule has 1 aromatic rings. The number of ether oxygens (including phenoxy) is 1. The molecule has 2 fully saturated rings. The summed E-state index contributed by atoms with van der Waals surface area (Å²) < 4.78 is 34.4. The van der Waals surface area contributed by atoms with E-state index >= 15 is 0 Å². The lowest BCUT2D eigenvalue weighted by Gasteiger charge is -2.38. The van der Waals surface area contributed by atoms with Gasteiger partial charge in [-0.25, -0.2) is 4.39 Å². The van der Waals surface area contributed by atoms with E-state index in [1.807, 2.05) is 13.0 Å². The molecule has 0 amide bonds. The van der Waals surface area contributed by atoms with Crippen LogP contribution in [0.3, 0.4) is 0 Å². The van der Waals surface area contributed by atoms with Crippen LogP contribution in [0.2, 0.25) is 0 Å². The molecule has 3 rings (SSSR count). The molecule has 0 aliphatic heterocycles. The molecule has 1 aromatic carbocycles. The fourth-order valence-corrected chi connectivity index (χ4v) is 5.47. The molecular formula is C25H36F2O. The average Bonchev–Trinajstić information content (AvgIpc) is 2.72. The van der Waals surface area contributed by atoms with Gasteiger partial charge in [-0.1, -0.05) is 50.8 Å². The Labute approximate surface area is 169 Å². The van der Waals surface area contributed by atoms with Crippen molar-refractivity contribution in [3.05, 3.63) is 41.5 Å². The Hall–Kier alpha value is -1.38. The van der Waals surface area contributed by atoms with Gasteiger partial charge in [-0.3, -0.25) is 0 Å². The fourth-order valence-electron chi connectivity index (χ4n) is 5.47. The maximum atomic E-state index is 14.7. The number of hydrogen-bond acceptors (Lipinski definition) is 1. The van der Waals surface area contributed by atoms with Crippen LogP contribution >= 0.6 is 0 Å². The molecule has 0 saturated heterocycles. The molecule has 3 heteroatoms. The van der Waals surface area contributed by atoms with Gasteiger partial charge in [-0.15, -0.1) is 0 Å². The van der Waals surface area contributed by atoms with Gasteiger partial charge in [-0.05, 0) is 80.8 Å². The zero-order chi connectivity index (χ0) is 19.9. The summed E-state index contributed by atoms with van der Waals surface area (Å²) in [5.74, 6) is 1.21. The van der Waals surface area contributed by atoms with Gasteiger partial charge < -0.3 is 4.74 Å². The van der Waals surface area contributed by atoms with Crippen molar-refractivity contribution in [2.24, 2.45) is 17.8 Å². The second-order valence-corrected chi connectivity index (χ2v) is 8.84. The van der Waals surface area contributed by atoms with Crippen molar-refractivity contribution in [3.8, 4) is 5.75 Å². The van der Waals surface area contributed by atoms with E-state index in [-0.39, 0.29) is 18.3 Å². The number of allylic oxidation sites excluding steroid dienone is 1. The lowest BCUT2D eigenvalue weighted by Crippen LogP contribution is -2.25. The molecule has 0 N–H and O–H groups in total. The van der Waals surface area contributed by atoms with E-state index in [4.69, 9.17) is 4.74 Å². The van der Waals surface area contributed by atoms with Crippen molar-refractivity contribution in [1.29, 1.82) is 0 Å². The molecule has 0 atom stereocenters. The minimum atomic E-state index is -0.835. The Morgan fingerprint density at radius 3 is 2.18 bits per heavy atom. The Morgan fingerprint density at radius 1 is 0.929 bits per heavy atom. The summed E-state index contributed by atoms with van der Waals surface area (Å²) in [6.07, 6.45) is 16.1. The highest BCUT2D eigenvalue weighted by atomic mass is 19.2. The maximum Gasteiger partial charge on any atom is 0.200 e. The van der Waals surface area contributed by atoms with Crippen LogP contribution in [0.5, 0.6) is 5.75 Å². The van der Waals surface area contributed by atoms with E-state index in [1.165, 1.54) is 38.5 Å². The van der Waals surface area contributed by atoms with E-state index in [9.17, 15) is 8.78 Å². The number of rotatable bonds is 7. The van der Waals surface area contributed by atoms with E-state index in [1.54, 1.807) is 18.2 Å². The molecule has 0 unspecified atom stereocenters. The molecule has 0 radical (unpaired) electrons. The summed E-state index contributed by atoms with van der Waals surface area (Å²) in [7, 11) is 0. The lowest BCUT2D eigenvalue weighted by atomic mass is 9.68. The second kappa shape index (κ2) is 10.4. The quantitative estimate of drug-likeness (QED) is 0.432. The second-order valence-electron chi connectivity index (χ2n) is 8.84. The summed E-state index contributed by atoms with van der Waals surface area (Å²) in [5.41, 5.74) is 0.543. The molecule has 1 nitrogen and oxygen atoms in total. The predicted octanol–water partition coefficient (Wildman–Crippen LogP) is 7.80. The van der Waals surface area contributed by atoms with Gasteiger partial charge in [-0.2, -0.15) is 4.39 Å². The summed E-state index contributed by atoms with van der Waals surface area (Å²) in [6, 6.07) is 3.34. The average molecular weight is 391 g/mol. The van der Waals surface area contributed by atoms with Gasteiger partial charge in [0.15, 0.2) is 11.6 Å². The maximum absolute atomic E-state index is 14.7. The van der Waals surface area contributed by atoms with Crippen LogP contribution < -0.4 is 4.74 Å². The van der Waals surface area contributed by atoms with Gasteiger partial charge in [0.2, 0.25) is 5.82 Å². The fraction of sp³-hybridized carbons (Fsp3) is 0.680. The van der Waals surface area contributed by atoms with Crippen LogP contribution in [-0.4, -0.2) is 6.61 Å². The van der Waals surface area contributed by atoms with Crippen molar-refractivity contribution in [3.63, 3.8) is 0 Å². The third-order valence-electron chi connectivity index (χ3n) is 7.11. The van der Waals surface area contributed by atoms with Gasteiger partial charge >= 0.3 is 0 Å². The molecule has 2 saturated carbocycles. The molecule has 28 heavy (non-hydrogen) atoms. The predicted molar refractivity (Wildman–Crippen MR) is 112 cm³/mol. The normalized spacial score (nSPS) is 28.6. The third kappa shape index (κ3) is 5.15. The van der Waals surface area contributed by atoms with Crippen molar-refractivity contribution < 1.29 is 13.5 Å². The first-order chi connectivity index (χ1) is 13.6. The molecule has 2 aliphatic carbocycles.